The third kappa shape index (κ3) is 13.6. The predicted molar refractivity (Wildman–Crippen MR) is 6.75 cm³/mol. The first-order chi connectivity index (χ1) is 1.00. The molecule has 0 saturated heterocycles. The van der Waals surface area contributed by atoms with Gasteiger partial charge < -0.3 is 4.79 Å². The minimum atomic E-state index is 0. The molecule has 0 aliphatic heterocycles. The molecule has 0 heterocycles. The van der Waals surface area contributed by atoms with Crippen LogP contribution in [-0.2, 0) is 41.9 Å². The normalized spacial score (nSPS) is 1.00. The third-order valence-electron chi connectivity index (χ3n) is 0. The molecule has 22 valence electrons. The zero-order valence-corrected chi connectivity index (χ0v) is 4.67. The molecular formula is CHOV2-. The smallest absolute Gasteiger partial charge is 0 e. The van der Waals surface area contributed by atoms with Gasteiger partial charge in [-0.05, 0) is 0 Å². The van der Waals surface area contributed by atoms with Crippen LogP contribution in [0.5, 0.6) is 0 Å². The van der Waals surface area contributed by atoms with Crippen LogP contribution in [0.3, 0.4) is 0 Å². The summed E-state index contributed by atoms with van der Waals surface area (Å²) in [6, 6.07) is 0. The van der Waals surface area contributed by atoms with Crippen molar-refractivity contribution >= 4 is 6.79 Å². The van der Waals surface area contributed by atoms with Gasteiger partial charge in [0.1, 0.15) is 0 Å². The van der Waals surface area contributed by atoms with Crippen LogP contribution >= 0.6 is 0 Å². The zero-order valence-electron chi connectivity index (χ0n) is 1.88. The average molecular weight is 131 g/mol. The summed E-state index contributed by atoms with van der Waals surface area (Å²) >= 11 is 0. The SMILES string of the molecule is [CH-]=O.[V].[V]. The molecule has 4 heavy (non-hydrogen) atoms. The van der Waals surface area contributed by atoms with Gasteiger partial charge in [-0.25, -0.2) is 0 Å². The Labute approximate surface area is 48.9 Å². The first kappa shape index (κ1) is 21.1. The van der Waals surface area contributed by atoms with Crippen molar-refractivity contribution in [2.75, 3.05) is 0 Å². The molecule has 0 bridgehead atoms. The summed E-state index contributed by atoms with van der Waals surface area (Å²) in [7, 11) is 0. The second-order valence-corrected chi connectivity index (χ2v) is 0. The molecule has 0 atom stereocenters. The quantitative estimate of drug-likeness (QED) is 0.326. The molecular weight excluding hydrogens is 130 g/mol. The summed E-state index contributed by atoms with van der Waals surface area (Å²) in [6.45, 7) is 3.25. The van der Waals surface area contributed by atoms with Crippen LogP contribution in [0.2, 0.25) is 0 Å². The van der Waals surface area contributed by atoms with E-state index in [-0.39, 0.29) is 37.1 Å². The van der Waals surface area contributed by atoms with E-state index < -0.39 is 0 Å². The minimum Gasteiger partial charge on any atom is -0.545 e. The molecule has 3 heteroatoms. The number of carbonyl (C=O) groups excluding carboxylic acids is 1. The first-order valence-electron chi connectivity index (χ1n) is 0.236. The van der Waals surface area contributed by atoms with Crippen molar-refractivity contribution in [2.45, 2.75) is 0 Å². The van der Waals surface area contributed by atoms with E-state index in [0.717, 1.165) is 0 Å². The molecule has 0 N–H and O–H groups in total. The van der Waals surface area contributed by atoms with E-state index in [1.807, 2.05) is 0 Å². The standard InChI is InChI=1S/CHO.2V/c1-2;;/h1H;;/q-1;;. The van der Waals surface area contributed by atoms with Gasteiger partial charge in [0.2, 0.25) is 0 Å². The third-order valence-corrected chi connectivity index (χ3v) is 0. The minimum absolute atomic E-state index is 0. The fourth-order valence-corrected chi connectivity index (χ4v) is 0. The van der Waals surface area contributed by atoms with E-state index in [2.05, 4.69) is 6.79 Å². The van der Waals surface area contributed by atoms with Crippen molar-refractivity contribution in [3.63, 3.8) is 0 Å². The van der Waals surface area contributed by atoms with Crippen LogP contribution in [0.25, 0.3) is 0 Å². The molecule has 0 saturated carbocycles. The van der Waals surface area contributed by atoms with Crippen LogP contribution in [0, 0.1) is 0 Å². The summed E-state index contributed by atoms with van der Waals surface area (Å²) < 4.78 is 0. The van der Waals surface area contributed by atoms with Gasteiger partial charge in [-0.3, -0.25) is 6.79 Å². The summed E-state index contributed by atoms with van der Waals surface area (Å²) in [5.74, 6) is 0. The first-order valence-corrected chi connectivity index (χ1v) is 0.236. The Morgan fingerprint density at radius 1 is 1.00 bits per heavy atom. The molecule has 0 aliphatic carbocycles. The van der Waals surface area contributed by atoms with Gasteiger partial charge in [-0.2, -0.15) is 0 Å². The Bertz CT molecular complexity index is 6.00. The van der Waals surface area contributed by atoms with Crippen molar-refractivity contribution < 1.29 is 41.9 Å². The molecule has 0 spiro atoms. The van der Waals surface area contributed by atoms with Crippen LogP contribution < -0.4 is 0 Å². The summed E-state index contributed by atoms with van der Waals surface area (Å²) in [4.78, 5) is 7.75. The van der Waals surface area contributed by atoms with Gasteiger partial charge in [0.15, 0.2) is 0 Å². The van der Waals surface area contributed by atoms with E-state index in [4.69, 9.17) is 4.79 Å². The van der Waals surface area contributed by atoms with E-state index in [9.17, 15) is 0 Å². The largest absolute Gasteiger partial charge is 0.545 e. The summed E-state index contributed by atoms with van der Waals surface area (Å²) in [5, 5.41) is 0. The Kier molecular flexibility index (Phi) is 232. The average Bonchev–Trinajstić information content (AvgIpc) is 1.00. The van der Waals surface area contributed by atoms with Gasteiger partial charge in [-0.15, -0.1) is 0 Å². The van der Waals surface area contributed by atoms with Crippen LogP contribution in [0.4, 0.5) is 0 Å². The topological polar surface area (TPSA) is 17.1 Å². The Balaban J connectivity index is -0.00000000500. The molecule has 0 fully saturated rings. The van der Waals surface area contributed by atoms with E-state index in [0.29, 0.717) is 0 Å². The molecule has 0 rings (SSSR count). The maximum Gasteiger partial charge on any atom is 0 e. The fourth-order valence-electron chi connectivity index (χ4n) is 0. The zero-order chi connectivity index (χ0) is 2.00. The molecule has 0 amide bonds. The second-order valence-electron chi connectivity index (χ2n) is 0. The Morgan fingerprint density at radius 3 is 1.00 bits per heavy atom. The number of rotatable bonds is 0. The van der Waals surface area contributed by atoms with E-state index in [1.165, 1.54) is 0 Å². The van der Waals surface area contributed by atoms with Crippen molar-refractivity contribution in [1.82, 2.24) is 0 Å². The van der Waals surface area contributed by atoms with Crippen molar-refractivity contribution in [3.8, 4) is 0 Å². The predicted octanol–water partition coefficient (Wildman–Crippen LogP) is -0.279. The molecule has 2 radical (unpaired) electrons. The maximum absolute atomic E-state index is 7.75. The van der Waals surface area contributed by atoms with Crippen molar-refractivity contribution in [1.29, 1.82) is 0 Å². The molecule has 0 aromatic heterocycles. The molecule has 0 aromatic carbocycles. The van der Waals surface area contributed by atoms with E-state index >= 15 is 0 Å². The van der Waals surface area contributed by atoms with Crippen molar-refractivity contribution in [2.24, 2.45) is 0 Å². The number of hydrogen-bond donors (Lipinski definition) is 0. The van der Waals surface area contributed by atoms with Gasteiger partial charge in [0, 0.05) is 37.1 Å². The molecule has 0 aliphatic rings. The Morgan fingerprint density at radius 2 is 1.00 bits per heavy atom. The molecule has 1 nitrogen and oxygen atoms in total. The van der Waals surface area contributed by atoms with Crippen molar-refractivity contribution in [3.05, 3.63) is 0 Å². The van der Waals surface area contributed by atoms with Gasteiger partial charge in [-0.1, -0.05) is 0 Å². The maximum atomic E-state index is 7.75. The van der Waals surface area contributed by atoms with Gasteiger partial charge in [0.25, 0.3) is 0 Å². The van der Waals surface area contributed by atoms with Crippen LogP contribution in [-0.4, -0.2) is 6.79 Å². The molecule has 0 aromatic rings. The van der Waals surface area contributed by atoms with Gasteiger partial charge in [0.05, 0.1) is 0 Å². The van der Waals surface area contributed by atoms with E-state index in [1.54, 1.807) is 0 Å². The molecule has 0 unspecified atom stereocenters. The van der Waals surface area contributed by atoms with Crippen LogP contribution in [0.1, 0.15) is 0 Å². The van der Waals surface area contributed by atoms with Gasteiger partial charge >= 0.3 is 0 Å². The Hall–Kier alpha value is 0.839. The summed E-state index contributed by atoms with van der Waals surface area (Å²) in [6.07, 6.45) is 0. The van der Waals surface area contributed by atoms with Crippen LogP contribution in [0.15, 0.2) is 0 Å². The monoisotopic (exact) mass is 131 g/mol. The fraction of sp³-hybridized carbons (Fsp3) is 0. The number of hydrogen-bond acceptors (Lipinski definition) is 1. The second kappa shape index (κ2) is 44.0. The summed E-state index contributed by atoms with van der Waals surface area (Å²) in [5.41, 5.74) is 0.